The van der Waals surface area contributed by atoms with E-state index in [-0.39, 0.29) is 5.75 Å². The van der Waals surface area contributed by atoms with Crippen LogP contribution in [0.3, 0.4) is 0 Å². The number of hydrogen-bond donors (Lipinski definition) is 0. The lowest BCUT2D eigenvalue weighted by molar-refractivity contribution is -0.0436. The lowest BCUT2D eigenvalue weighted by atomic mass is 10.3. The maximum Gasteiger partial charge on any atom is 0.502 e. The van der Waals surface area contributed by atoms with Crippen molar-refractivity contribution in [1.82, 2.24) is 0 Å². The average Bonchev–Trinajstić information content (AvgIpc) is 2.40. The minimum absolute atomic E-state index is 0.171. The van der Waals surface area contributed by atoms with E-state index in [1.807, 2.05) is 0 Å². The van der Waals surface area contributed by atoms with Gasteiger partial charge in [0.15, 0.2) is 0 Å². The van der Waals surface area contributed by atoms with Gasteiger partial charge in [-0.15, -0.1) is 0 Å². The summed E-state index contributed by atoms with van der Waals surface area (Å²) in [4.78, 5) is -0.938. The molecule has 3 nitrogen and oxygen atoms in total. The summed E-state index contributed by atoms with van der Waals surface area (Å²) >= 11 is 5.68. The number of halogens is 4. The molecule has 8 heteroatoms. The zero-order valence-electron chi connectivity index (χ0n) is 10.3. The minimum Gasteiger partial charge on any atom is -0.456 e. The number of rotatable bonds is 3. The van der Waals surface area contributed by atoms with Crippen LogP contribution in [-0.2, 0) is 9.84 Å². The van der Waals surface area contributed by atoms with Gasteiger partial charge in [0.2, 0.25) is 0 Å². The van der Waals surface area contributed by atoms with E-state index in [1.54, 1.807) is 0 Å². The molecule has 0 spiro atoms. The SMILES string of the molecule is O=S(=O)(c1ccccc1Oc1ccc(Cl)cc1)C(F)(F)F. The Labute approximate surface area is 123 Å². The maximum absolute atomic E-state index is 12.6. The first-order valence-corrected chi connectivity index (χ1v) is 7.42. The van der Waals surface area contributed by atoms with E-state index in [2.05, 4.69) is 0 Å². The minimum atomic E-state index is -5.49. The molecule has 0 aliphatic rings. The van der Waals surface area contributed by atoms with Crippen molar-refractivity contribution in [3.63, 3.8) is 0 Å². The molecule has 0 fully saturated rings. The predicted octanol–water partition coefficient (Wildman–Crippen LogP) is 4.43. The van der Waals surface area contributed by atoms with E-state index in [0.717, 1.165) is 12.1 Å². The molecule has 0 aromatic heterocycles. The van der Waals surface area contributed by atoms with Crippen LogP contribution in [0.25, 0.3) is 0 Å². The van der Waals surface area contributed by atoms with Crippen molar-refractivity contribution in [2.75, 3.05) is 0 Å². The summed E-state index contributed by atoms with van der Waals surface area (Å²) in [6, 6.07) is 10.3. The second kappa shape index (κ2) is 5.57. The number of benzene rings is 2. The predicted molar refractivity (Wildman–Crippen MR) is 71.2 cm³/mol. The molecule has 2 aromatic rings. The largest absolute Gasteiger partial charge is 0.502 e. The molecule has 0 bridgehead atoms. The molecule has 0 radical (unpaired) electrons. The molecule has 0 amide bonds. The van der Waals surface area contributed by atoms with Crippen molar-refractivity contribution in [2.45, 2.75) is 10.4 Å². The zero-order valence-corrected chi connectivity index (χ0v) is 11.8. The number of hydrogen-bond acceptors (Lipinski definition) is 3. The van der Waals surface area contributed by atoms with Gasteiger partial charge in [-0.05, 0) is 36.4 Å². The van der Waals surface area contributed by atoms with Gasteiger partial charge >= 0.3 is 5.51 Å². The van der Waals surface area contributed by atoms with Gasteiger partial charge in [-0.25, -0.2) is 8.42 Å². The average molecular weight is 337 g/mol. The molecule has 0 N–H and O–H groups in total. The van der Waals surface area contributed by atoms with Crippen molar-refractivity contribution in [3.05, 3.63) is 53.6 Å². The van der Waals surface area contributed by atoms with Gasteiger partial charge in [-0.3, -0.25) is 0 Å². The molecule has 0 unspecified atom stereocenters. The van der Waals surface area contributed by atoms with Gasteiger partial charge in [-0.1, -0.05) is 23.7 Å². The monoisotopic (exact) mass is 336 g/mol. The summed E-state index contributed by atoms with van der Waals surface area (Å²) in [7, 11) is -5.49. The van der Waals surface area contributed by atoms with Crippen molar-refractivity contribution >= 4 is 21.4 Å². The van der Waals surface area contributed by atoms with E-state index in [4.69, 9.17) is 16.3 Å². The third-order valence-corrected chi connectivity index (χ3v) is 4.26. The van der Waals surface area contributed by atoms with E-state index < -0.39 is 26.0 Å². The van der Waals surface area contributed by atoms with Crippen molar-refractivity contribution in [3.8, 4) is 11.5 Å². The van der Waals surface area contributed by atoms with E-state index in [9.17, 15) is 21.6 Å². The molecular weight excluding hydrogens is 329 g/mol. The van der Waals surface area contributed by atoms with Crippen LogP contribution >= 0.6 is 11.6 Å². The smallest absolute Gasteiger partial charge is 0.456 e. The number of ether oxygens (including phenoxy) is 1. The molecule has 2 rings (SSSR count). The molecule has 0 saturated carbocycles. The highest BCUT2D eigenvalue weighted by molar-refractivity contribution is 7.92. The van der Waals surface area contributed by atoms with Crippen LogP contribution in [0.1, 0.15) is 0 Å². The van der Waals surface area contributed by atoms with E-state index in [0.29, 0.717) is 5.02 Å². The van der Waals surface area contributed by atoms with E-state index in [1.165, 1.54) is 36.4 Å². The zero-order chi connectivity index (χ0) is 15.7. The summed E-state index contributed by atoms with van der Waals surface area (Å²) in [5.74, 6) is -0.235. The normalized spacial score (nSPS) is 12.2. The Bertz CT molecular complexity index is 740. The number of alkyl halides is 3. The third kappa shape index (κ3) is 3.30. The molecule has 112 valence electrons. The van der Waals surface area contributed by atoms with Crippen LogP contribution in [0.5, 0.6) is 11.5 Å². The third-order valence-electron chi connectivity index (χ3n) is 2.48. The van der Waals surface area contributed by atoms with Crippen molar-refractivity contribution in [2.24, 2.45) is 0 Å². The Morgan fingerprint density at radius 2 is 1.52 bits per heavy atom. The van der Waals surface area contributed by atoms with Crippen LogP contribution in [0.2, 0.25) is 5.02 Å². The Kier molecular flexibility index (Phi) is 4.15. The van der Waals surface area contributed by atoms with Gasteiger partial charge in [0.25, 0.3) is 9.84 Å². The highest BCUT2D eigenvalue weighted by Gasteiger charge is 2.48. The van der Waals surface area contributed by atoms with Crippen LogP contribution in [-0.4, -0.2) is 13.9 Å². The Hall–Kier alpha value is -1.73. The molecule has 0 atom stereocenters. The standard InChI is InChI=1S/C13H8ClF3O3S/c14-9-5-7-10(8-6-9)20-11-3-1-2-4-12(11)21(18,19)13(15,16)17/h1-8H. The Balaban J connectivity index is 2.45. The van der Waals surface area contributed by atoms with Gasteiger partial charge < -0.3 is 4.74 Å². The first-order chi connectivity index (χ1) is 9.72. The molecule has 2 aromatic carbocycles. The fourth-order valence-electron chi connectivity index (χ4n) is 1.51. The molecule has 0 aliphatic carbocycles. The number of para-hydroxylation sites is 1. The highest BCUT2D eigenvalue weighted by Crippen LogP contribution is 2.37. The highest BCUT2D eigenvalue weighted by atomic mass is 35.5. The summed E-state index contributed by atoms with van der Waals surface area (Å²) in [5.41, 5.74) is -5.40. The molecule has 0 aliphatic heterocycles. The second-order valence-electron chi connectivity index (χ2n) is 3.95. The van der Waals surface area contributed by atoms with Gasteiger partial charge in [0.1, 0.15) is 16.4 Å². The van der Waals surface area contributed by atoms with Crippen LogP contribution in [0, 0.1) is 0 Å². The van der Waals surface area contributed by atoms with Crippen LogP contribution in [0.15, 0.2) is 53.4 Å². The lowest BCUT2D eigenvalue weighted by Gasteiger charge is -2.13. The van der Waals surface area contributed by atoms with Crippen LogP contribution < -0.4 is 4.74 Å². The van der Waals surface area contributed by atoms with Crippen molar-refractivity contribution < 1.29 is 26.3 Å². The quantitative estimate of drug-likeness (QED) is 0.833. The van der Waals surface area contributed by atoms with E-state index >= 15 is 0 Å². The fourth-order valence-corrected chi connectivity index (χ4v) is 2.52. The van der Waals surface area contributed by atoms with Gasteiger partial charge in [0, 0.05) is 5.02 Å². The first-order valence-electron chi connectivity index (χ1n) is 5.55. The summed E-state index contributed by atoms with van der Waals surface area (Å²) in [6.07, 6.45) is 0. The Morgan fingerprint density at radius 1 is 0.952 bits per heavy atom. The summed E-state index contributed by atoms with van der Waals surface area (Å²) in [5, 5.41) is 0.415. The number of sulfone groups is 1. The summed E-state index contributed by atoms with van der Waals surface area (Å²) < 4.78 is 66.1. The van der Waals surface area contributed by atoms with Crippen molar-refractivity contribution in [1.29, 1.82) is 0 Å². The fraction of sp³-hybridized carbons (Fsp3) is 0.0769. The topological polar surface area (TPSA) is 43.4 Å². The summed E-state index contributed by atoms with van der Waals surface area (Å²) in [6.45, 7) is 0. The molecule has 21 heavy (non-hydrogen) atoms. The second-order valence-corrected chi connectivity index (χ2v) is 6.30. The van der Waals surface area contributed by atoms with Gasteiger partial charge in [0.05, 0.1) is 0 Å². The molecular formula is C13H8ClF3O3S. The first kappa shape index (κ1) is 15.7. The molecule has 0 saturated heterocycles. The van der Waals surface area contributed by atoms with Crippen LogP contribution in [0.4, 0.5) is 13.2 Å². The molecule has 0 heterocycles. The maximum atomic E-state index is 12.6. The lowest BCUT2D eigenvalue weighted by Crippen LogP contribution is -2.23. The Morgan fingerprint density at radius 3 is 2.10 bits per heavy atom. The van der Waals surface area contributed by atoms with Gasteiger partial charge in [-0.2, -0.15) is 13.2 Å².